The molecule has 1 heterocycles. The minimum Gasteiger partial charge on any atom is -0.445 e. The molecule has 1 saturated heterocycles. The second-order valence-electron chi connectivity index (χ2n) is 6.09. The summed E-state index contributed by atoms with van der Waals surface area (Å²) in [5.74, 6) is 0. The number of nitrogens with zero attached hydrogens (tertiary/aromatic N) is 2. The highest BCUT2D eigenvalue weighted by Gasteiger charge is 2.21. The van der Waals surface area contributed by atoms with E-state index in [2.05, 4.69) is 4.90 Å². The van der Waals surface area contributed by atoms with Crippen LogP contribution in [0.5, 0.6) is 0 Å². The van der Waals surface area contributed by atoms with Crippen LogP contribution in [0.1, 0.15) is 5.56 Å². The fourth-order valence-corrected chi connectivity index (χ4v) is 2.62. The van der Waals surface area contributed by atoms with Crippen molar-refractivity contribution in [1.29, 1.82) is 0 Å². The average molecular weight is 366 g/mol. The van der Waals surface area contributed by atoms with Crippen LogP contribution in [0.4, 0.5) is 4.79 Å². The number of piperazine rings is 1. The molecule has 1 aromatic carbocycles. The summed E-state index contributed by atoms with van der Waals surface area (Å²) in [6.07, 6.45) is -0.238. The van der Waals surface area contributed by atoms with Crippen molar-refractivity contribution in [3.8, 4) is 0 Å². The molecule has 0 unspecified atom stereocenters. The van der Waals surface area contributed by atoms with Gasteiger partial charge in [0.05, 0.1) is 33.0 Å². The lowest BCUT2D eigenvalue weighted by Crippen LogP contribution is -2.49. The Balaban J connectivity index is 1.50. The Morgan fingerprint density at radius 1 is 0.923 bits per heavy atom. The molecule has 0 spiro atoms. The monoisotopic (exact) mass is 366 g/mol. The molecule has 2 rings (SSSR count). The highest BCUT2D eigenvalue weighted by Crippen LogP contribution is 2.06. The number of rotatable bonds is 11. The predicted molar refractivity (Wildman–Crippen MR) is 98.2 cm³/mol. The Kier molecular flexibility index (Phi) is 10.0. The van der Waals surface area contributed by atoms with Gasteiger partial charge >= 0.3 is 6.09 Å². The van der Waals surface area contributed by atoms with Crippen molar-refractivity contribution in [3.05, 3.63) is 35.9 Å². The maximum absolute atomic E-state index is 12.1. The van der Waals surface area contributed by atoms with Gasteiger partial charge in [-0.1, -0.05) is 30.3 Å². The maximum Gasteiger partial charge on any atom is 0.410 e. The minimum absolute atomic E-state index is 0.238. The van der Waals surface area contributed by atoms with E-state index in [9.17, 15) is 4.79 Å². The second-order valence-corrected chi connectivity index (χ2v) is 6.09. The molecule has 7 heteroatoms. The molecule has 0 radical (unpaired) electrons. The molecule has 0 aliphatic carbocycles. The first kappa shape index (κ1) is 20.6. The Labute approximate surface area is 155 Å². The summed E-state index contributed by atoms with van der Waals surface area (Å²) in [4.78, 5) is 16.2. The fraction of sp³-hybridized carbons (Fsp3) is 0.632. The Bertz CT molecular complexity index is 492. The van der Waals surface area contributed by atoms with Gasteiger partial charge in [0.2, 0.25) is 0 Å². The summed E-state index contributed by atoms with van der Waals surface area (Å²) in [6, 6.07) is 9.73. The van der Waals surface area contributed by atoms with Gasteiger partial charge in [0.25, 0.3) is 0 Å². The number of methoxy groups -OCH3 is 1. The van der Waals surface area contributed by atoms with Crippen molar-refractivity contribution in [3.63, 3.8) is 0 Å². The van der Waals surface area contributed by atoms with Crippen molar-refractivity contribution in [2.45, 2.75) is 6.61 Å². The third kappa shape index (κ3) is 8.14. The number of carbonyl (C=O) groups is 1. The number of hydrogen-bond donors (Lipinski definition) is 0. The van der Waals surface area contributed by atoms with Crippen LogP contribution in [0.3, 0.4) is 0 Å². The van der Waals surface area contributed by atoms with Gasteiger partial charge in [-0.2, -0.15) is 0 Å². The van der Waals surface area contributed by atoms with Crippen LogP contribution in [0.15, 0.2) is 30.3 Å². The van der Waals surface area contributed by atoms with E-state index < -0.39 is 0 Å². The fourth-order valence-electron chi connectivity index (χ4n) is 2.62. The quantitative estimate of drug-likeness (QED) is 0.555. The van der Waals surface area contributed by atoms with Gasteiger partial charge in [-0.05, 0) is 5.56 Å². The van der Waals surface area contributed by atoms with E-state index in [1.54, 1.807) is 12.0 Å². The third-order valence-corrected chi connectivity index (χ3v) is 4.19. The zero-order valence-electron chi connectivity index (χ0n) is 15.6. The van der Waals surface area contributed by atoms with Gasteiger partial charge in [-0.15, -0.1) is 0 Å². The predicted octanol–water partition coefficient (Wildman–Crippen LogP) is 1.62. The number of ether oxygens (including phenoxy) is 4. The van der Waals surface area contributed by atoms with E-state index in [0.717, 1.165) is 25.2 Å². The SMILES string of the molecule is COCCOCCOCCN1CCN(C(=O)OCc2ccccc2)CC1. The van der Waals surface area contributed by atoms with Crippen LogP contribution >= 0.6 is 0 Å². The highest BCUT2D eigenvalue weighted by molar-refractivity contribution is 5.67. The number of amides is 1. The standard InChI is InChI=1S/C19H30N2O5/c1-23-13-14-25-16-15-24-12-11-20-7-9-21(10-8-20)19(22)26-17-18-5-3-2-4-6-18/h2-6H,7-17H2,1H3. The van der Waals surface area contributed by atoms with Gasteiger partial charge in [-0.25, -0.2) is 4.79 Å². The number of carbonyl (C=O) groups excluding carboxylic acids is 1. The van der Waals surface area contributed by atoms with E-state index in [-0.39, 0.29) is 6.09 Å². The van der Waals surface area contributed by atoms with Crippen molar-refractivity contribution >= 4 is 6.09 Å². The van der Waals surface area contributed by atoms with Gasteiger partial charge in [0, 0.05) is 39.8 Å². The Morgan fingerprint density at radius 3 is 2.27 bits per heavy atom. The molecule has 1 fully saturated rings. The van der Waals surface area contributed by atoms with Crippen LogP contribution < -0.4 is 0 Å². The first-order valence-corrected chi connectivity index (χ1v) is 9.12. The molecule has 0 N–H and O–H groups in total. The summed E-state index contributed by atoms with van der Waals surface area (Å²) in [5, 5.41) is 0. The lowest BCUT2D eigenvalue weighted by molar-refractivity contribution is 0.0151. The lowest BCUT2D eigenvalue weighted by Gasteiger charge is -2.33. The summed E-state index contributed by atoms with van der Waals surface area (Å²) in [7, 11) is 1.66. The summed E-state index contributed by atoms with van der Waals surface area (Å²) in [6.45, 7) is 7.31. The van der Waals surface area contributed by atoms with Gasteiger partial charge in [-0.3, -0.25) is 4.90 Å². The molecule has 1 aliphatic heterocycles. The number of hydrogen-bond acceptors (Lipinski definition) is 6. The van der Waals surface area contributed by atoms with Crippen molar-refractivity contribution in [2.75, 3.05) is 72.9 Å². The van der Waals surface area contributed by atoms with Crippen LogP contribution in [-0.4, -0.2) is 88.8 Å². The maximum atomic E-state index is 12.1. The molecule has 1 aliphatic rings. The molecule has 1 amide bonds. The summed E-state index contributed by atoms with van der Waals surface area (Å²) in [5.41, 5.74) is 1.00. The topological polar surface area (TPSA) is 60.5 Å². The smallest absolute Gasteiger partial charge is 0.410 e. The zero-order valence-corrected chi connectivity index (χ0v) is 15.6. The average Bonchev–Trinajstić information content (AvgIpc) is 2.69. The zero-order chi connectivity index (χ0) is 18.5. The van der Waals surface area contributed by atoms with Crippen LogP contribution in [0.25, 0.3) is 0 Å². The van der Waals surface area contributed by atoms with Gasteiger partial charge in [0.15, 0.2) is 0 Å². The Hall–Kier alpha value is -1.67. The van der Waals surface area contributed by atoms with Crippen LogP contribution in [0, 0.1) is 0 Å². The third-order valence-electron chi connectivity index (χ3n) is 4.19. The molecular formula is C19H30N2O5. The summed E-state index contributed by atoms with van der Waals surface area (Å²) >= 11 is 0. The molecule has 26 heavy (non-hydrogen) atoms. The molecule has 0 aromatic heterocycles. The van der Waals surface area contributed by atoms with E-state index in [0.29, 0.717) is 52.7 Å². The largest absolute Gasteiger partial charge is 0.445 e. The number of benzene rings is 1. The van der Waals surface area contributed by atoms with E-state index in [4.69, 9.17) is 18.9 Å². The molecule has 0 bridgehead atoms. The van der Waals surface area contributed by atoms with Crippen LogP contribution in [0.2, 0.25) is 0 Å². The van der Waals surface area contributed by atoms with Gasteiger partial charge in [0.1, 0.15) is 6.61 Å². The Morgan fingerprint density at radius 2 is 1.58 bits per heavy atom. The van der Waals surface area contributed by atoms with Crippen molar-refractivity contribution < 1.29 is 23.7 Å². The molecule has 7 nitrogen and oxygen atoms in total. The van der Waals surface area contributed by atoms with Crippen molar-refractivity contribution in [1.82, 2.24) is 9.80 Å². The molecule has 0 saturated carbocycles. The van der Waals surface area contributed by atoms with E-state index in [1.807, 2.05) is 30.3 Å². The molecule has 1 aromatic rings. The van der Waals surface area contributed by atoms with E-state index >= 15 is 0 Å². The molecule has 146 valence electrons. The normalized spacial score (nSPS) is 15.2. The van der Waals surface area contributed by atoms with Crippen LogP contribution in [-0.2, 0) is 25.6 Å². The van der Waals surface area contributed by atoms with Gasteiger partial charge < -0.3 is 23.8 Å². The molecule has 0 atom stereocenters. The van der Waals surface area contributed by atoms with Crippen molar-refractivity contribution in [2.24, 2.45) is 0 Å². The first-order chi connectivity index (χ1) is 12.8. The second kappa shape index (κ2) is 12.6. The lowest BCUT2D eigenvalue weighted by atomic mass is 10.2. The summed E-state index contributed by atoms with van der Waals surface area (Å²) < 4.78 is 21.2. The highest BCUT2D eigenvalue weighted by atomic mass is 16.6. The molecular weight excluding hydrogens is 336 g/mol. The minimum atomic E-state index is -0.238. The van der Waals surface area contributed by atoms with E-state index in [1.165, 1.54) is 0 Å². The first-order valence-electron chi connectivity index (χ1n) is 9.12.